The summed E-state index contributed by atoms with van der Waals surface area (Å²) in [6.07, 6.45) is -0.0498. The Bertz CT molecular complexity index is 617. The lowest BCUT2D eigenvalue weighted by molar-refractivity contribution is -0.165. The fraction of sp³-hybridized carbons (Fsp3) is 0.727. The van der Waals surface area contributed by atoms with E-state index in [1.54, 1.807) is 13.8 Å². The number of rotatable bonds is 16. The summed E-state index contributed by atoms with van der Waals surface area (Å²) in [7, 11) is -2.88. The molecule has 10 heteroatoms. The number of esters is 2. The van der Waals surface area contributed by atoms with Crippen LogP contribution < -0.4 is 0 Å². The Morgan fingerprint density at radius 1 is 0.719 bits per heavy atom. The molecule has 0 spiro atoms. The molecule has 9 nitrogen and oxygen atoms in total. The van der Waals surface area contributed by atoms with Crippen LogP contribution in [0.5, 0.6) is 0 Å². The molecule has 2 unspecified atom stereocenters. The van der Waals surface area contributed by atoms with Crippen molar-refractivity contribution in [2.45, 2.75) is 92.6 Å². The maximum absolute atomic E-state index is 12.0. The van der Waals surface area contributed by atoms with Crippen LogP contribution in [0.3, 0.4) is 0 Å². The van der Waals surface area contributed by atoms with Gasteiger partial charge in [0.2, 0.25) is 12.6 Å². The first-order chi connectivity index (χ1) is 15.1. The lowest BCUT2D eigenvalue weighted by Gasteiger charge is -2.15. The van der Waals surface area contributed by atoms with Gasteiger partial charge in [-0.25, -0.2) is 9.59 Å². The number of hydrogen-bond donors (Lipinski definition) is 2. The quantitative estimate of drug-likeness (QED) is 0.145. The summed E-state index contributed by atoms with van der Waals surface area (Å²) < 4.78 is 31.6. The van der Waals surface area contributed by atoms with Crippen molar-refractivity contribution in [1.82, 2.24) is 0 Å². The molecule has 2 atom stereocenters. The van der Waals surface area contributed by atoms with Crippen molar-refractivity contribution in [1.29, 1.82) is 0 Å². The van der Waals surface area contributed by atoms with E-state index in [1.165, 1.54) is 0 Å². The second kappa shape index (κ2) is 17.0. The predicted molar refractivity (Wildman–Crippen MR) is 121 cm³/mol. The molecule has 0 aromatic heterocycles. The third-order valence-corrected chi connectivity index (χ3v) is 5.92. The summed E-state index contributed by atoms with van der Waals surface area (Å²) in [5, 5.41) is 19.6. The Kier molecular flexibility index (Phi) is 16.2. The minimum absolute atomic E-state index is 0.0740. The zero-order valence-corrected chi connectivity index (χ0v) is 21.1. The molecule has 2 N–H and O–H groups in total. The lowest BCUT2D eigenvalue weighted by atomic mass is 10.1. The predicted octanol–water partition coefficient (Wildman–Crippen LogP) is 4.19. The maximum atomic E-state index is 12.0. The molecule has 32 heavy (non-hydrogen) atoms. The first kappa shape index (κ1) is 30.5. The Balaban J connectivity index is 4.21. The van der Waals surface area contributed by atoms with Crippen molar-refractivity contribution < 1.29 is 42.9 Å². The smallest absolute Gasteiger partial charge is 0.335 e. The molecule has 0 radical (unpaired) electrons. The van der Waals surface area contributed by atoms with Crippen molar-refractivity contribution >= 4 is 20.2 Å². The monoisotopic (exact) mass is 478 g/mol. The highest BCUT2D eigenvalue weighted by atomic mass is 31.1. The van der Waals surface area contributed by atoms with Gasteiger partial charge < -0.3 is 28.7 Å². The molecule has 0 fully saturated rings. The Labute approximate surface area is 191 Å². The summed E-state index contributed by atoms with van der Waals surface area (Å²) in [4.78, 5) is 24.0. The molecule has 0 aliphatic carbocycles. The molecular weight excluding hydrogens is 439 g/mol. The molecule has 0 aliphatic rings. The van der Waals surface area contributed by atoms with Crippen molar-refractivity contribution in [2.24, 2.45) is 0 Å². The molecule has 0 aliphatic heterocycles. The second-order valence-electron chi connectivity index (χ2n) is 7.12. The maximum Gasteiger partial charge on any atom is 0.335 e. The number of hydrogen-bond acceptors (Lipinski definition) is 9. The number of carbonyl (C=O) groups excluding carboxylic acids is 2. The van der Waals surface area contributed by atoms with Crippen molar-refractivity contribution in [3.63, 3.8) is 0 Å². The molecule has 186 valence electrons. The van der Waals surface area contributed by atoms with E-state index in [9.17, 15) is 24.4 Å². The average molecular weight is 479 g/mol. The molecule has 0 saturated carbocycles. The number of aliphatic hydroxyl groups excluding tert-OH is 2. The highest BCUT2D eigenvalue weighted by Crippen LogP contribution is 2.25. The van der Waals surface area contributed by atoms with Gasteiger partial charge in [0.15, 0.2) is 0 Å². The van der Waals surface area contributed by atoms with Crippen LogP contribution >= 0.6 is 8.25 Å². The number of carbonyl (C=O) groups is 2. The van der Waals surface area contributed by atoms with Crippen LogP contribution in [0.25, 0.3) is 0 Å². The largest absolute Gasteiger partial charge is 0.433 e. The van der Waals surface area contributed by atoms with E-state index in [2.05, 4.69) is 0 Å². The van der Waals surface area contributed by atoms with Crippen LogP contribution in [0.1, 0.15) is 80.1 Å². The van der Waals surface area contributed by atoms with E-state index >= 15 is 0 Å². The first-order valence-corrected chi connectivity index (χ1v) is 12.3. The Morgan fingerprint density at radius 2 is 1.03 bits per heavy atom. The van der Waals surface area contributed by atoms with Gasteiger partial charge in [0, 0.05) is 24.0 Å². The van der Waals surface area contributed by atoms with E-state index in [-0.39, 0.29) is 26.1 Å². The zero-order chi connectivity index (χ0) is 24.7. The van der Waals surface area contributed by atoms with Gasteiger partial charge in [-0.3, -0.25) is 4.57 Å². The van der Waals surface area contributed by atoms with E-state index in [0.717, 1.165) is 36.8 Å². The summed E-state index contributed by atoms with van der Waals surface area (Å²) in [6.45, 7) is 10.7. The van der Waals surface area contributed by atoms with Crippen LogP contribution in [0.2, 0.25) is 0 Å². The fourth-order valence-corrected chi connectivity index (χ4v) is 3.57. The number of allylic oxidation sites excluding steroid dienone is 2. The van der Waals surface area contributed by atoms with Gasteiger partial charge in [-0.1, -0.05) is 38.8 Å². The molecule has 0 aromatic rings. The van der Waals surface area contributed by atoms with Gasteiger partial charge in [-0.15, -0.1) is 0 Å². The molecule has 0 bridgehead atoms. The highest BCUT2D eigenvalue weighted by Gasteiger charge is 2.17. The fourth-order valence-electron chi connectivity index (χ4n) is 2.92. The number of ether oxygens (including phenoxy) is 2. The first-order valence-electron chi connectivity index (χ1n) is 11.1. The molecule has 0 aromatic carbocycles. The van der Waals surface area contributed by atoms with Crippen LogP contribution in [-0.2, 0) is 32.7 Å². The van der Waals surface area contributed by atoms with Crippen LogP contribution in [0.15, 0.2) is 22.3 Å². The summed E-state index contributed by atoms with van der Waals surface area (Å²) >= 11 is 0. The summed E-state index contributed by atoms with van der Waals surface area (Å²) in [6, 6.07) is 0. The topological polar surface area (TPSA) is 129 Å². The number of aliphatic hydroxyl groups is 2. The van der Waals surface area contributed by atoms with E-state index in [0.29, 0.717) is 11.1 Å². The minimum atomic E-state index is -2.88. The molecule has 0 saturated heterocycles. The van der Waals surface area contributed by atoms with Gasteiger partial charge in [0.05, 0.1) is 13.2 Å². The molecule has 0 rings (SSSR count). The van der Waals surface area contributed by atoms with Crippen LogP contribution in [0, 0.1) is 0 Å². The molecule has 0 heterocycles. The lowest BCUT2D eigenvalue weighted by Crippen LogP contribution is -2.21. The highest BCUT2D eigenvalue weighted by molar-refractivity contribution is 7.33. The van der Waals surface area contributed by atoms with Gasteiger partial charge in [-0.2, -0.15) is 0 Å². The third kappa shape index (κ3) is 11.9. The van der Waals surface area contributed by atoms with E-state index in [4.69, 9.17) is 18.5 Å². The molecular formula is C22H39O9P. The van der Waals surface area contributed by atoms with Crippen LogP contribution in [-0.4, -0.2) is 47.9 Å². The average Bonchev–Trinajstić information content (AvgIpc) is 2.75. The Morgan fingerprint density at radius 3 is 1.31 bits per heavy atom. The standard InChI is InChI=1S/C22H39O9P/c1-7-17(8-2)15(5)21(25)30-19(23)11-13-28-32(27)29-14-12-20(24)31-22(26)16(6)18(9-3)10-4/h19-20,23-24,32H,7-14H2,1-6H3. The van der Waals surface area contributed by atoms with Gasteiger partial charge in [0.1, 0.15) is 0 Å². The van der Waals surface area contributed by atoms with Crippen LogP contribution in [0.4, 0.5) is 0 Å². The summed E-state index contributed by atoms with van der Waals surface area (Å²) in [5.74, 6) is -1.20. The van der Waals surface area contributed by atoms with E-state index < -0.39 is 32.8 Å². The molecule has 0 amide bonds. The SMILES string of the molecule is CCC(CC)=C(C)C(=O)OC(O)CCO[PH](=O)OCCC(O)OC(=O)C(C)=C(CC)CC. The van der Waals surface area contributed by atoms with Crippen molar-refractivity contribution in [2.75, 3.05) is 13.2 Å². The summed E-state index contributed by atoms with van der Waals surface area (Å²) in [5.41, 5.74) is 2.84. The van der Waals surface area contributed by atoms with Crippen molar-refractivity contribution in [3.8, 4) is 0 Å². The zero-order valence-electron chi connectivity index (χ0n) is 20.1. The second-order valence-corrected chi connectivity index (χ2v) is 8.19. The minimum Gasteiger partial charge on any atom is -0.433 e. The third-order valence-electron chi connectivity index (χ3n) is 5.04. The van der Waals surface area contributed by atoms with E-state index in [1.807, 2.05) is 27.7 Å². The normalized spacial score (nSPS) is 13.6. The van der Waals surface area contributed by atoms with Crippen molar-refractivity contribution in [3.05, 3.63) is 22.3 Å². The Hall–Kier alpha value is -1.51. The van der Waals surface area contributed by atoms with Gasteiger partial charge in [-0.05, 0) is 39.5 Å². The van der Waals surface area contributed by atoms with Gasteiger partial charge >= 0.3 is 20.2 Å². The van der Waals surface area contributed by atoms with Gasteiger partial charge in [0.25, 0.3) is 0 Å².